The lowest BCUT2D eigenvalue weighted by molar-refractivity contribution is 0.0698. The first kappa shape index (κ1) is 14.8. The number of carboxylic acids is 1. The van der Waals surface area contributed by atoms with Gasteiger partial charge in [0, 0.05) is 10.5 Å². The highest BCUT2D eigenvalue weighted by atomic mass is 79.9. The Labute approximate surface area is 125 Å². The van der Waals surface area contributed by atoms with Gasteiger partial charge in [-0.2, -0.15) is 0 Å². The van der Waals surface area contributed by atoms with Crippen LogP contribution in [-0.4, -0.2) is 36.2 Å². The van der Waals surface area contributed by atoms with Crippen molar-refractivity contribution in [2.75, 3.05) is 18.4 Å². The van der Waals surface area contributed by atoms with E-state index in [1.54, 1.807) is 12.1 Å². The Hall–Kier alpha value is -1.60. The molecular weight excluding hydrogens is 326 g/mol. The van der Waals surface area contributed by atoms with Crippen LogP contribution in [-0.2, 0) is 0 Å². The second-order valence-corrected chi connectivity index (χ2v) is 5.53. The summed E-state index contributed by atoms with van der Waals surface area (Å²) in [6.07, 6.45) is 1.75. The molecule has 0 aliphatic carbocycles. The van der Waals surface area contributed by atoms with E-state index in [-0.39, 0.29) is 23.3 Å². The van der Waals surface area contributed by atoms with E-state index < -0.39 is 5.97 Å². The Morgan fingerprint density at radius 1 is 1.30 bits per heavy atom. The first-order valence-corrected chi connectivity index (χ1v) is 7.16. The van der Waals surface area contributed by atoms with Crippen LogP contribution >= 0.6 is 15.9 Å². The van der Waals surface area contributed by atoms with Gasteiger partial charge in [-0.15, -0.1) is 0 Å². The van der Waals surface area contributed by atoms with Crippen molar-refractivity contribution in [3.05, 3.63) is 28.2 Å². The van der Waals surface area contributed by atoms with Crippen molar-refractivity contribution in [2.24, 2.45) is 0 Å². The maximum absolute atomic E-state index is 11.9. The number of benzene rings is 1. The van der Waals surface area contributed by atoms with E-state index in [0.29, 0.717) is 4.47 Å². The summed E-state index contributed by atoms with van der Waals surface area (Å²) in [5.41, 5.74) is 0.340. The van der Waals surface area contributed by atoms with Crippen LogP contribution in [0.25, 0.3) is 0 Å². The van der Waals surface area contributed by atoms with E-state index in [0.717, 1.165) is 25.9 Å². The molecule has 1 aliphatic rings. The number of carbonyl (C=O) groups is 2. The van der Waals surface area contributed by atoms with Crippen molar-refractivity contribution in [2.45, 2.75) is 18.9 Å². The molecule has 1 fully saturated rings. The van der Waals surface area contributed by atoms with E-state index in [1.807, 2.05) is 0 Å². The van der Waals surface area contributed by atoms with Gasteiger partial charge < -0.3 is 21.1 Å². The normalized spacial score (nSPS) is 15.7. The molecule has 1 aliphatic heterocycles. The van der Waals surface area contributed by atoms with Crippen molar-refractivity contribution in [1.29, 1.82) is 0 Å². The number of amides is 2. The number of urea groups is 1. The summed E-state index contributed by atoms with van der Waals surface area (Å²) in [6, 6.07) is 4.39. The molecule has 1 saturated heterocycles. The second kappa shape index (κ2) is 6.71. The topological polar surface area (TPSA) is 90.5 Å². The zero-order valence-corrected chi connectivity index (χ0v) is 12.4. The summed E-state index contributed by atoms with van der Waals surface area (Å²) in [7, 11) is 0. The molecular formula is C13H16BrN3O3. The number of rotatable bonds is 3. The predicted octanol–water partition coefficient (Wildman–Crippen LogP) is 2.02. The van der Waals surface area contributed by atoms with Gasteiger partial charge in [-0.05, 0) is 44.1 Å². The van der Waals surface area contributed by atoms with Gasteiger partial charge >= 0.3 is 12.0 Å². The third-order valence-electron chi connectivity index (χ3n) is 3.13. The Kier molecular flexibility index (Phi) is 4.97. The molecule has 4 N–H and O–H groups in total. The van der Waals surface area contributed by atoms with Crippen molar-refractivity contribution in [3.8, 4) is 0 Å². The van der Waals surface area contributed by atoms with E-state index >= 15 is 0 Å². The number of carboxylic acid groups (broad SMARTS) is 1. The molecule has 0 aromatic heterocycles. The Morgan fingerprint density at radius 3 is 2.65 bits per heavy atom. The maximum Gasteiger partial charge on any atom is 0.337 e. The number of piperidine rings is 1. The highest BCUT2D eigenvalue weighted by Gasteiger charge is 2.17. The fourth-order valence-electron chi connectivity index (χ4n) is 2.12. The Balaban J connectivity index is 2.03. The van der Waals surface area contributed by atoms with E-state index in [4.69, 9.17) is 5.11 Å². The molecule has 1 heterocycles. The summed E-state index contributed by atoms with van der Waals surface area (Å²) < 4.78 is 0.708. The molecule has 0 atom stereocenters. The number of hydrogen-bond donors (Lipinski definition) is 4. The highest BCUT2D eigenvalue weighted by molar-refractivity contribution is 9.10. The minimum absolute atomic E-state index is 0.0636. The number of carbonyl (C=O) groups excluding carboxylic acids is 1. The second-order valence-electron chi connectivity index (χ2n) is 4.62. The summed E-state index contributed by atoms with van der Waals surface area (Å²) >= 11 is 3.26. The third kappa shape index (κ3) is 3.94. The lowest BCUT2D eigenvalue weighted by atomic mass is 10.1. The van der Waals surface area contributed by atoms with Gasteiger partial charge in [0.1, 0.15) is 0 Å². The van der Waals surface area contributed by atoms with Crippen LogP contribution < -0.4 is 16.0 Å². The molecule has 1 aromatic carbocycles. The van der Waals surface area contributed by atoms with E-state index in [1.165, 1.54) is 6.07 Å². The first-order chi connectivity index (χ1) is 9.56. The number of nitrogens with one attached hydrogen (secondary N) is 3. The van der Waals surface area contributed by atoms with Gasteiger partial charge in [-0.1, -0.05) is 15.9 Å². The molecule has 2 amide bonds. The molecule has 6 nitrogen and oxygen atoms in total. The summed E-state index contributed by atoms with van der Waals surface area (Å²) in [5, 5.41) is 17.8. The SMILES string of the molecule is O=C(Nc1cc(Br)ccc1C(=O)O)NC1CCNCC1. The maximum atomic E-state index is 11.9. The van der Waals surface area contributed by atoms with Crippen LogP contribution in [0.1, 0.15) is 23.2 Å². The standard InChI is InChI=1S/C13H16BrN3O3/c14-8-1-2-10(12(18)19)11(7-8)17-13(20)16-9-3-5-15-6-4-9/h1-2,7,9,15H,3-6H2,(H,18,19)(H2,16,17,20). The number of halogens is 1. The lowest BCUT2D eigenvalue weighted by Gasteiger charge is -2.24. The molecule has 0 bridgehead atoms. The van der Waals surface area contributed by atoms with Crippen LogP contribution in [0.5, 0.6) is 0 Å². The molecule has 7 heteroatoms. The van der Waals surface area contributed by atoms with Crippen LogP contribution in [0.2, 0.25) is 0 Å². The zero-order chi connectivity index (χ0) is 14.5. The fourth-order valence-corrected chi connectivity index (χ4v) is 2.48. The summed E-state index contributed by atoms with van der Waals surface area (Å²) in [4.78, 5) is 23.0. The molecule has 0 saturated carbocycles. The quantitative estimate of drug-likeness (QED) is 0.677. The van der Waals surface area contributed by atoms with Gasteiger partial charge in [-0.3, -0.25) is 0 Å². The van der Waals surface area contributed by atoms with Crippen molar-refractivity contribution >= 4 is 33.6 Å². The Bertz CT molecular complexity index is 516. The van der Waals surface area contributed by atoms with Gasteiger partial charge in [0.25, 0.3) is 0 Å². The van der Waals surface area contributed by atoms with Crippen molar-refractivity contribution < 1.29 is 14.7 Å². The molecule has 0 spiro atoms. The van der Waals surface area contributed by atoms with Gasteiger partial charge in [-0.25, -0.2) is 9.59 Å². The van der Waals surface area contributed by atoms with Crippen molar-refractivity contribution in [1.82, 2.24) is 10.6 Å². The van der Waals surface area contributed by atoms with Gasteiger partial charge in [0.15, 0.2) is 0 Å². The van der Waals surface area contributed by atoms with Crippen molar-refractivity contribution in [3.63, 3.8) is 0 Å². The van der Waals surface area contributed by atoms with Crippen LogP contribution in [0.3, 0.4) is 0 Å². The van der Waals surface area contributed by atoms with Crippen LogP contribution in [0.4, 0.5) is 10.5 Å². The number of aromatic carboxylic acids is 1. The predicted molar refractivity (Wildman–Crippen MR) is 79.1 cm³/mol. The highest BCUT2D eigenvalue weighted by Crippen LogP contribution is 2.21. The number of hydrogen-bond acceptors (Lipinski definition) is 3. The summed E-state index contributed by atoms with van der Waals surface area (Å²) in [5.74, 6) is -1.07. The molecule has 0 unspecified atom stereocenters. The average Bonchev–Trinajstić information content (AvgIpc) is 2.39. The monoisotopic (exact) mass is 341 g/mol. The Morgan fingerprint density at radius 2 is 2.00 bits per heavy atom. The molecule has 1 aromatic rings. The smallest absolute Gasteiger partial charge is 0.337 e. The summed E-state index contributed by atoms with van der Waals surface area (Å²) in [6.45, 7) is 1.75. The molecule has 20 heavy (non-hydrogen) atoms. The van der Waals surface area contributed by atoms with E-state index in [2.05, 4.69) is 31.9 Å². The zero-order valence-electron chi connectivity index (χ0n) is 10.8. The minimum atomic E-state index is -1.07. The molecule has 0 radical (unpaired) electrons. The lowest BCUT2D eigenvalue weighted by Crippen LogP contribution is -2.44. The largest absolute Gasteiger partial charge is 0.478 e. The first-order valence-electron chi connectivity index (χ1n) is 6.37. The van der Waals surface area contributed by atoms with Crippen LogP contribution in [0, 0.1) is 0 Å². The third-order valence-corrected chi connectivity index (χ3v) is 3.63. The van der Waals surface area contributed by atoms with E-state index in [9.17, 15) is 9.59 Å². The molecule has 2 rings (SSSR count). The van der Waals surface area contributed by atoms with Gasteiger partial charge in [0.2, 0.25) is 0 Å². The minimum Gasteiger partial charge on any atom is -0.478 e. The van der Waals surface area contributed by atoms with Gasteiger partial charge in [0.05, 0.1) is 11.3 Å². The fraction of sp³-hybridized carbons (Fsp3) is 0.385. The number of anilines is 1. The average molecular weight is 342 g/mol. The molecule has 108 valence electrons. The van der Waals surface area contributed by atoms with Crippen LogP contribution in [0.15, 0.2) is 22.7 Å².